The van der Waals surface area contributed by atoms with Gasteiger partial charge in [0.25, 0.3) is 0 Å². The van der Waals surface area contributed by atoms with Gasteiger partial charge in [0.15, 0.2) is 0 Å². The summed E-state index contributed by atoms with van der Waals surface area (Å²) in [6.07, 6.45) is 0. The van der Waals surface area contributed by atoms with Gasteiger partial charge in [0, 0.05) is 22.0 Å². The second kappa shape index (κ2) is 6.08. The lowest BCUT2D eigenvalue weighted by Gasteiger charge is -2.28. The summed E-state index contributed by atoms with van der Waals surface area (Å²) >= 11 is 12.5. The van der Waals surface area contributed by atoms with Crippen molar-refractivity contribution in [2.24, 2.45) is 5.92 Å². The van der Waals surface area contributed by atoms with Crippen molar-refractivity contribution in [2.75, 3.05) is 13.1 Å². The van der Waals surface area contributed by atoms with E-state index >= 15 is 0 Å². The number of benzene rings is 1. The molecule has 1 rings (SSSR count). The van der Waals surface area contributed by atoms with E-state index in [1.807, 2.05) is 18.2 Å². The van der Waals surface area contributed by atoms with Crippen LogP contribution in [-0.2, 0) is 5.41 Å². The normalized spacial score (nSPS) is 12.2. The highest BCUT2D eigenvalue weighted by Gasteiger charge is 2.25. The molecule has 96 valence electrons. The minimum absolute atomic E-state index is 0.0652. The molecule has 3 heteroatoms. The van der Waals surface area contributed by atoms with Gasteiger partial charge >= 0.3 is 0 Å². The predicted molar refractivity (Wildman–Crippen MR) is 77.2 cm³/mol. The van der Waals surface area contributed by atoms with Gasteiger partial charge in [-0.1, -0.05) is 57.0 Å². The highest BCUT2D eigenvalue weighted by Crippen LogP contribution is 2.35. The summed E-state index contributed by atoms with van der Waals surface area (Å²) in [6, 6.07) is 5.67. The molecule has 1 aromatic carbocycles. The first-order chi connectivity index (χ1) is 7.84. The molecule has 1 N–H and O–H groups in total. The van der Waals surface area contributed by atoms with Crippen LogP contribution >= 0.6 is 23.2 Å². The molecule has 0 bridgehead atoms. The van der Waals surface area contributed by atoms with Gasteiger partial charge in [0.2, 0.25) is 0 Å². The second-order valence-corrected chi connectivity index (χ2v) is 6.32. The number of hydrogen-bond donors (Lipinski definition) is 1. The highest BCUT2D eigenvalue weighted by atomic mass is 35.5. The number of halogens is 2. The first-order valence-corrected chi connectivity index (χ1v) is 6.75. The Morgan fingerprint density at radius 2 is 1.71 bits per heavy atom. The summed E-state index contributed by atoms with van der Waals surface area (Å²) in [5.74, 6) is 0.646. The van der Waals surface area contributed by atoms with Crippen LogP contribution in [0.5, 0.6) is 0 Å². The van der Waals surface area contributed by atoms with Gasteiger partial charge in [-0.15, -0.1) is 0 Å². The lowest BCUT2D eigenvalue weighted by molar-refractivity contribution is 0.443. The molecular weight excluding hydrogens is 253 g/mol. The molecule has 0 fully saturated rings. The van der Waals surface area contributed by atoms with E-state index in [1.165, 1.54) is 0 Å². The van der Waals surface area contributed by atoms with Gasteiger partial charge in [-0.25, -0.2) is 0 Å². The lowest BCUT2D eigenvalue weighted by Crippen LogP contribution is -2.35. The fourth-order valence-corrected chi connectivity index (χ4v) is 2.82. The van der Waals surface area contributed by atoms with Crippen molar-refractivity contribution < 1.29 is 0 Å². The third-order valence-electron chi connectivity index (χ3n) is 2.76. The van der Waals surface area contributed by atoms with Crippen LogP contribution < -0.4 is 5.32 Å². The van der Waals surface area contributed by atoms with Crippen LogP contribution in [0, 0.1) is 5.92 Å². The van der Waals surface area contributed by atoms with E-state index in [2.05, 4.69) is 33.0 Å². The smallest absolute Gasteiger partial charge is 0.0458 e. The quantitative estimate of drug-likeness (QED) is 0.832. The lowest BCUT2D eigenvalue weighted by atomic mass is 9.84. The zero-order chi connectivity index (χ0) is 13.1. The fraction of sp³-hybridized carbons (Fsp3) is 0.571. The molecule has 0 saturated heterocycles. The van der Waals surface area contributed by atoms with Crippen LogP contribution in [0.15, 0.2) is 18.2 Å². The minimum atomic E-state index is -0.0652. The summed E-state index contributed by atoms with van der Waals surface area (Å²) in [6.45, 7) is 10.6. The first kappa shape index (κ1) is 14.8. The Morgan fingerprint density at radius 1 is 1.18 bits per heavy atom. The van der Waals surface area contributed by atoms with Crippen molar-refractivity contribution >= 4 is 23.2 Å². The summed E-state index contributed by atoms with van der Waals surface area (Å²) in [4.78, 5) is 0. The zero-order valence-corrected chi connectivity index (χ0v) is 12.5. The summed E-state index contributed by atoms with van der Waals surface area (Å²) in [7, 11) is 0. The van der Waals surface area contributed by atoms with E-state index < -0.39 is 0 Å². The van der Waals surface area contributed by atoms with E-state index in [1.54, 1.807) is 0 Å². The largest absolute Gasteiger partial charge is 0.316 e. The van der Waals surface area contributed by atoms with Crippen LogP contribution in [0.2, 0.25) is 10.0 Å². The van der Waals surface area contributed by atoms with E-state index in [-0.39, 0.29) is 5.41 Å². The molecule has 1 nitrogen and oxygen atoms in total. The van der Waals surface area contributed by atoms with Gasteiger partial charge in [0.1, 0.15) is 0 Å². The van der Waals surface area contributed by atoms with Crippen LogP contribution in [0.4, 0.5) is 0 Å². The van der Waals surface area contributed by atoms with Crippen LogP contribution in [0.25, 0.3) is 0 Å². The maximum absolute atomic E-state index is 6.24. The van der Waals surface area contributed by atoms with Crippen molar-refractivity contribution in [3.63, 3.8) is 0 Å². The average Bonchev–Trinajstić information content (AvgIpc) is 2.15. The molecule has 0 radical (unpaired) electrons. The molecule has 0 aliphatic heterocycles. The molecule has 17 heavy (non-hydrogen) atoms. The predicted octanol–water partition coefficient (Wildman–Crippen LogP) is 4.52. The van der Waals surface area contributed by atoms with E-state index in [0.29, 0.717) is 5.92 Å². The summed E-state index contributed by atoms with van der Waals surface area (Å²) in [5.41, 5.74) is 0.962. The van der Waals surface area contributed by atoms with E-state index in [0.717, 1.165) is 28.7 Å². The number of rotatable bonds is 5. The van der Waals surface area contributed by atoms with Crippen molar-refractivity contribution in [1.82, 2.24) is 5.32 Å². The molecule has 0 aliphatic rings. The maximum atomic E-state index is 6.24. The Labute approximate surface area is 115 Å². The SMILES string of the molecule is CC(C)CNCC(C)(C)c1c(Cl)cccc1Cl. The highest BCUT2D eigenvalue weighted by molar-refractivity contribution is 6.36. The Hall–Kier alpha value is -0.240. The summed E-state index contributed by atoms with van der Waals surface area (Å²) in [5, 5.41) is 4.95. The number of hydrogen-bond acceptors (Lipinski definition) is 1. The average molecular weight is 274 g/mol. The Kier molecular flexibility index (Phi) is 5.30. The van der Waals surface area contributed by atoms with Gasteiger partial charge in [0.05, 0.1) is 0 Å². The van der Waals surface area contributed by atoms with Crippen LogP contribution in [0.1, 0.15) is 33.3 Å². The van der Waals surface area contributed by atoms with E-state index in [4.69, 9.17) is 23.2 Å². The van der Waals surface area contributed by atoms with Crippen molar-refractivity contribution in [2.45, 2.75) is 33.1 Å². The van der Waals surface area contributed by atoms with Gasteiger partial charge in [-0.05, 0) is 30.2 Å². The Bertz CT molecular complexity index is 352. The first-order valence-electron chi connectivity index (χ1n) is 6.00. The molecule has 0 aliphatic carbocycles. The van der Waals surface area contributed by atoms with Crippen molar-refractivity contribution in [3.05, 3.63) is 33.8 Å². The fourth-order valence-electron chi connectivity index (χ4n) is 1.91. The molecule has 0 saturated carbocycles. The van der Waals surface area contributed by atoms with Gasteiger partial charge in [-0.3, -0.25) is 0 Å². The molecule has 1 aromatic rings. The monoisotopic (exact) mass is 273 g/mol. The number of nitrogens with one attached hydrogen (secondary N) is 1. The molecule has 0 unspecified atom stereocenters. The molecule has 0 spiro atoms. The van der Waals surface area contributed by atoms with Gasteiger partial charge < -0.3 is 5.32 Å². The molecular formula is C14H21Cl2N. The Balaban J connectivity index is 2.82. The van der Waals surface area contributed by atoms with E-state index in [9.17, 15) is 0 Å². The van der Waals surface area contributed by atoms with Crippen molar-refractivity contribution in [1.29, 1.82) is 0 Å². The third-order valence-corrected chi connectivity index (χ3v) is 3.39. The molecule has 0 atom stereocenters. The standard InChI is InChI=1S/C14H21Cl2N/c1-10(2)8-17-9-14(3,4)13-11(15)6-5-7-12(13)16/h5-7,10,17H,8-9H2,1-4H3. The second-order valence-electron chi connectivity index (χ2n) is 5.51. The third kappa shape index (κ3) is 4.17. The summed E-state index contributed by atoms with van der Waals surface area (Å²) < 4.78 is 0. The Morgan fingerprint density at radius 3 is 2.18 bits per heavy atom. The minimum Gasteiger partial charge on any atom is -0.316 e. The zero-order valence-electron chi connectivity index (χ0n) is 11.0. The van der Waals surface area contributed by atoms with Gasteiger partial charge in [-0.2, -0.15) is 0 Å². The van der Waals surface area contributed by atoms with Crippen LogP contribution in [-0.4, -0.2) is 13.1 Å². The molecule has 0 aromatic heterocycles. The molecule has 0 heterocycles. The van der Waals surface area contributed by atoms with Crippen LogP contribution in [0.3, 0.4) is 0 Å². The maximum Gasteiger partial charge on any atom is 0.0458 e. The van der Waals surface area contributed by atoms with Crippen molar-refractivity contribution in [3.8, 4) is 0 Å². The molecule has 0 amide bonds. The topological polar surface area (TPSA) is 12.0 Å².